The molecule has 1 saturated carbocycles. The highest BCUT2D eigenvalue weighted by molar-refractivity contribution is 7.98. The van der Waals surface area contributed by atoms with Crippen molar-refractivity contribution >= 4 is 33.4 Å². The Hall–Kier alpha value is -1.78. The van der Waals surface area contributed by atoms with Crippen LogP contribution >= 0.6 is 11.8 Å². The lowest BCUT2D eigenvalue weighted by Gasteiger charge is -2.38. The first-order chi connectivity index (χ1) is 15.7. The summed E-state index contributed by atoms with van der Waals surface area (Å²) < 4.78 is 47.7. The number of rotatable bonds is 8. The summed E-state index contributed by atoms with van der Waals surface area (Å²) in [6, 6.07) is 3.31. The number of halogens is 1. The Morgan fingerprint density at radius 1 is 1.30 bits per heavy atom. The molecule has 10 heteroatoms. The Bertz CT molecular complexity index is 993. The number of nitrogens with zero attached hydrogens (tertiary/aromatic N) is 2. The average molecular weight is 501 g/mol. The van der Waals surface area contributed by atoms with E-state index in [1.165, 1.54) is 28.6 Å². The van der Waals surface area contributed by atoms with Crippen LogP contribution in [0.4, 0.5) is 10.1 Å². The van der Waals surface area contributed by atoms with Gasteiger partial charge in [0.1, 0.15) is 16.9 Å². The van der Waals surface area contributed by atoms with Gasteiger partial charge in [-0.2, -0.15) is 8.70 Å². The van der Waals surface area contributed by atoms with E-state index in [1.54, 1.807) is 13.1 Å². The Morgan fingerprint density at radius 3 is 2.61 bits per heavy atom. The van der Waals surface area contributed by atoms with E-state index in [1.807, 2.05) is 6.26 Å². The number of thioether (sulfide) groups is 1. The van der Waals surface area contributed by atoms with Crippen LogP contribution in [0.5, 0.6) is 5.75 Å². The molecular weight excluding hydrogens is 467 g/mol. The van der Waals surface area contributed by atoms with Gasteiger partial charge in [0.2, 0.25) is 15.9 Å². The van der Waals surface area contributed by atoms with E-state index in [0.29, 0.717) is 23.4 Å². The van der Waals surface area contributed by atoms with Gasteiger partial charge in [0, 0.05) is 31.7 Å². The molecule has 184 valence electrons. The van der Waals surface area contributed by atoms with Crippen molar-refractivity contribution in [1.82, 2.24) is 4.31 Å². The first-order valence-corrected chi connectivity index (χ1v) is 14.1. The average Bonchev–Trinajstić information content (AvgIpc) is 2.89. The number of ether oxygens (including phenoxy) is 1. The molecule has 0 bridgehead atoms. The van der Waals surface area contributed by atoms with E-state index in [4.69, 9.17) is 9.84 Å². The van der Waals surface area contributed by atoms with E-state index in [9.17, 15) is 17.6 Å². The quantitative estimate of drug-likeness (QED) is 0.305. The summed E-state index contributed by atoms with van der Waals surface area (Å²) in [6.45, 7) is 2.71. The third kappa shape index (κ3) is 5.66. The number of carboxylic acids is 1. The monoisotopic (exact) mass is 500 g/mol. The van der Waals surface area contributed by atoms with E-state index >= 15 is 0 Å². The highest BCUT2D eigenvalue weighted by Gasteiger charge is 2.39. The van der Waals surface area contributed by atoms with Crippen LogP contribution in [0.3, 0.4) is 0 Å². The third-order valence-corrected chi connectivity index (χ3v) is 9.23. The van der Waals surface area contributed by atoms with Crippen LogP contribution in [0.1, 0.15) is 58.3 Å². The molecule has 33 heavy (non-hydrogen) atoms. The largest absolute Gasteiger partial charge is 0.476 e. The number of benzene rings is 1. The van der Waals surface area contributed by atoms with Gasteiger partial charge in [0.15, 0.2) is 0 Å². The number of sulfonamides is 1. The van der Waals surface area contributed by atoms with Crippen molar-refractivity contribution < 1.29 is 27.4 Å². The van der Waals surface area contributed by atoms with Crippen molar-refractivity contribution in [3.63, 3.8) is 0 Å². The van der Waals surface area contributed by atoms with Gasteiger partial charge in [-0.15, -0.1) is 11.8 Å². The first-order valence-electron chi connectivity index (χ1n) is 11.4. The standard InChI is InChI=1S/C23H33FN2O5S2/c1-4-5-9-17-14-26(16-10-7-6-8-11-16)19-12-21(32-3)20(31-15-18(24)23(27)28)13-22(19)33(29,30)25(17)2/h12-13,15-17H,4-11,14H2,1-3H3,(H,27,28)/b18-15-. The van der Waals surface area contributed by atoms with Crippen molar-refractivity contribution in [2.75, 3.05) is 24.7 Å². The molecule has 1 atom stereocenters. The summed E-state index contributed by atoms with van der Waals surface area (Å²) >= 11 is 1.34. The Balaban J connectivity index is 2.14. The number of likely N-dealkylation sites (N-methyl/N-ethyl adjacent to an activating group) is 1. The van der Waals surface area contributed by atoms with Crippen molar-refractivity contribution in [2.45, 2.75) is 80.2 Å². The number of fused-ring (bicyclic) bond motifs is 1. The van der Waals surface area contributed by atoms with Gasteiger partial charge in [0.25, 0.3) is 0 Å². The van der Waals surface area contributed by atoms with E-state index in [0.717, 1.165) is 44.9 Å². The summed E-state index contributed by atoms with van der Waals surface area (Å²) in [5.74, 6) is -3.09. The number of hydrogen-bond donors (Lipinski definition) is 1. The molecule has 1 aromatic carbocycles. The topological polar surface area (TPSA) is 87.1 Å². The van der Waals surface area contributed by atoms with Crippen LogP contribution in [0, 0.1) is 0 Å². The Labute approximate surface area is 200 Å². The molecule has 1 aliphatic heterocycles. The van der Waals surface area contributed by atoms with E-state index in [2.05, 4.69) is 11.8 Å². The predicted octanol–water partition coefficient (Wildman–Crippen LogP) is 5.01. The highest BCUT2D eigenvalue weighted by atomic mass is 32.2. The van der Waals surface area contributed by atoms with E-state index < -0.39 is 21.8 Å². The fourth-order valence-corrected chi connectivity index (χ4v) is 6.73. The lowest BCUT2D eigenvalue weighted by molar-refractivity contribution is -0.134. The smallest absolute Gasteiger partial charge is 0.368 e. The van der Waals surface area contributed by atoms with Crippen LogP contribution in [0.2, 0.25) is 0 Å². The first kappa shape index (κ1) is 25.8. The molecule has 3 rings (SSSR count). The van der Waals surface area contributed by atoms with Gasteiger partial charge in [0.05, 0.1) is 10.6 Å². The SMILES string of the molecule is CCCCC1CN(C2CCCCC2)c2cc(SC)c(O/C=C(\F)C(=O)O)cc2S(=O)(=O)N1C. The highest BCUT2D eigenvalue weighted by Crippen LogP contribution is 2.43. The number of carboxylic acid groups (broad SMARTS) is 1. The molecule has 0 spiro atoms. The molecule has 1 N–H and O–H groups in total. The molecule has 1 aliphatic carbocycles. The summed E-state index contributed by atoms with van der Waals surface area (Å²) in [5, 5.41) is 8.77. The Kier molecular flexibility index (Phi) is 8.69. The second-order valence-corrected chi connectivity index (χ2v) is 11.4. The maximum Gasteiger partial charge on any atom is 0.368 e. The molecule has 0 amide bonds. The zero-order chi connectivity index (χ0) is 24.2. The van der Waals surface area contributed by atoms with Crippen LogP contribution in [-0.2, 0) is 14.8 Å². The van der Waals surface area contributed by atoms with Gasteiger partial charge in [-0.3, -0.25) is 0 Å². The number of anilines is 1. The van der Waals surface area contributed by atoms with Crippen LogP contribution in [-0.4, -0.2) is 55.7 Å². The molecule has 7 nitrogen and oxygen atoms in total. The van der Waals surface area contributed by atoms with Crippen LogP contribution in [0.25, 0.3) is 0 Å². The predicted molar refractivity (Wildman–Crippen MR) is 128 cm³/mol. The van der Waals surface area contributed by atoms with Crippen LogP contribution in [0.15, 0.2) is 34.0 Å². The molecule has 0 aromatic heterocycles. The molecule has 0 saturated heterocycles. The molecule has 1 aromatic rings. The molecule has 1 heterocycles. The zero-order valence-corrected chi connectivity index (χ0v) is 21.1. The molecule has 1 unspecified atom stereocenters. The molecular formula is C23H33FN2O5S2. The fraction of sp³-hybridized carbons (Fsp3) is 0.609. The minimum Gasteiger partial charge on any atom is -0.476 e. The second-order valence-electron chi connectivity index (χ2n) is 8.62. The Morgan fingerprint density at radius 2 is 2.00 bits per heavy atom. The fourth-order valence-electron chi connectivity index (χ4n) is 4.62. The van der Waals surface area contributed by atoms with Gasteiger partial charge >= 0.3 is 5.97 Å². The summed E-state index contributed by atoms with van der Waals surface area (Å²) in [7, 11) is -2.22. The maximum absolute atomic E-state index is 13.7. The minimum atomic E-state index is -3.84. The summed E-state index contributed by atoms with van der Waals surface area (Å²) in [6.07, 6.45) is 10.5. The second kappa shape index (κ2) is 11.1. The van der Waals surface area contributed by atoms with Gasteiger partial charge in [-0.05, 0) is 31.6 Å². The number of hydrogen-bond acceptors (Lipinski definition) is 6. The van der Waals surface area contributed by atoms with Crippen molar-refractivity contribution in [3.05, 3.63) is 24.2 Å². The lowest BCUT2D eigenvalue weighted by atomic mass is 9.93. The van der Waals surface area contributed by atoms with E-state index in [-0.39, 0.29) is 22.7 Å². The minimum absolute atomic E-state index is 0.116. The number of unbranched alkanes of at least 4 members (excludes halogenated alkanes) is 1. The normalized spacial score (nSPS) is 22.0. The third-order valence-electron chi connectivity index (χ3n) is 6.53. The lowest BCUT2D eigenvalue weighted by Crippen LogP contribution is -2.45. The molecule has 2 aliphatic rings. The van der Waals surface area contributed by atoms with Crippen molar-refractivity contribution in [1.29, 1.82) is 0 Å². The number of aliphatic carboxylic acids is 1. The van der Waals surface area contributed by atoms with Crippen LogP contribution < -0.4 is 9.64 Å². The zero-order valence-electron chi connectivity index (χ0n) is 19.4. The summed E-state index contributed by atoms with van der Waals surface area (Å²) in [4.78, 5) is 13.8. The summed E-state index contributed by atoms with van der Waals surface area (Å²) in [5.41, 5.74) is 0.645. The van der Waals surface area contributed by atoms with Gasteiger partial charge < -0.3 is 14.7 Å². The van der Waals surface area contributed by atoms with Gasteiger partial charge in [-0.1, -0.05) is 39.0 Å². The molecule has 1 fully saturated rings. The number of carbonyl (C=O) groups is 1. The van der Waals surface area contributed by atoms with Crippen molar-refractivity contribution in [2.24, 2.45) is 0 Å². The molecule has 0 radical (unpaired) electrons. The maximum atomic E-state index is 13.7. The van der Waals surface area contributed by atoms with Crippen molar-refractivity contribution in [3.8, 4) is 5.75 Å². The van der Waals surface area contributed by atoms with Gasteiger partial charge in [-0.25, -0.2) is 13.2 Å².